The summed E-state index contributed by atoms with van der Waals surface area (Å²) in [5.74, 6) is 0.920. The molecule has 0 bridgehead atoms. The van der Waals surface area contributed by atoms with Crippen LogP contribution in [0.4, 0.5) is 11.5 Å². The first-order valence-corrected chi connectivity index (χ1v) is 8.26. The van der Waals surface area contributed by atoms with Gasteiger partial charge in [-0.05, 0) is 32.0 Å². The van der Waals surface area contributed by atoms with E-state index in [1.807, 2.05) is 32.0 Å². The maximum atomic E-state index is 12.0. The lowest BCUT2D eigenvalue weighted by molar-refractivity contribution is -0.113. The maximum absolute atomic E-state index is 12.0. The number of amides is 1. The molecular weight excluding hydrogens is 352 g/mol. The van der Waals surface area contributed by atoms with E-state index >= 15 is 0 Å². The molecule has 0 aliphatic heterocycles. The molecule has 0 unspecified atom stereocenters. The Bertz CT molecular complexity index is 642. The molecule has 1 amide bonds. The summed E-state index contributed by atoms with van der Waals surface area (Å²) in [5.41, 5.74) is 6.56. The zero-order valence-corrected chi connectivity index (χ0v) is 14.2. The molecule has 2 rings (SSSR count). The minimum Gasteiger partial charge on any atom is -0.398 e. The average molecular weight is 369 g/mol. The fourth-order valence-corrected chi connectivity index (χ4v) is 3.10. The number of benzene rings is 1. The summed E-state index contributed by atoms with van der Waals surface area (Å²) in [5, 5.41) is 7.05. The van der Waals surface area contributed by atoms with Gasteiger partial charge in [0.1, 0.15) is 5.82 Å². The SMILES string of the molecule is CC(C)n1nccc1NC(=O)CSc1cc(Br)ccc1N. The fraction of sp³-hybridized carbons (Fsp3) is 0.286. The van der Waals surface area contributed by atoms with Crippen molar-refractivity contribution in [2.75, 3.05) is 16.8 Å². The zero-order valence-electron chi connectivity index (χ0n) is 11.8. The van der Waals surface area contributed by atoms with Gasteiger partial charge in [0.25, 0.3) is 0 Å². The van der Waals surface area contributed by atoms with Crippen molar-refractivity contribution in [3.05, 3.63) is 34.9 Å². The van der Waals surface area contributed by atoms with E-state index in [-0.39, 0.29) is 11.9 Å². The largest absolute Gasteiger partial charge is 0.398 e. The van der Waals surface area contributed by atoms with Crippen LogP contribution in [-0.4, -0.2) is 21.4 Å². The van der Waals surface area contributed by atoms with E-state index in [4.69, 9.17) is 5.73 Å². The van der Waals surface area contributed by atoms with Crippen molar-refractivity contribution in [3.8, 4) is 0 Å². The fourth-order valence-electron chi connectivity index (χ4n) is 1.78. The van der Waals surface area contributed by atoms with E-state index in [2.05, 4.69) is 26.3 Å². The molecule has 1 heterocycles. The molecule has 3 N–H and O–H groups in total. The molecule has 5 nitrogen and oxygen atoms in total. The molecule has 112 valence electrons. The third-order valence-electron chi connectivity index (χ3n) is 2.76. The Balaban J connectivity index is 1.96. The Morgan fingerprint density at radius 2 is 2.24 bits per heavy atom. The number of thioether (sulfide) groups is 1. The molecule has 2 aromatic rings. The van der Waals surface area contributed by atoms with Gasteiger partial charge in [-0.15, -0.1) is 11.8 Å². The first-order chi connectivity index (χ1) is 9.97. The van der Waals surface area contributed by atoms with Crippen LogP contribution in [0.1, 0.15) is 19.9 Å². The summed E-state index contributed by atoms with van der Waals surface area (Å²) in [6, 6.07) is 7.59. The predicted molar refractivity (Wildman–Crippen MR) is 90.5 cm³/mol. The number of nitrogens with one attached hydrogen (secondary N) is 1. The summed E-state index contributed by atoms with van der Waals surface area (Å²) in [4.78, 5) is 12.9. The van der Waals surface area contributed by atoms with E-state index in [0.717, 1.165) is 9.37 Å². The van der Waals surface area contributed by atoms with Gasteiger partial charge in [-0.25, -0.2) is 4.68 Å². The van der Waals surface area contributed by atoms with Gasteiger partial charge < -0.3 is 11.1 Å². The van der Waals surface area contributed by atoms with Gasteiger partial charge in [-0.2, -0.15) is 5.10 Å². The second kappa shape index (κ2) is 7.00. The lowest BCUT2D eigenvalue weighted by Crippen LogP contribution is -2.18. The number of carbonyl (C=O) groups is 1. The highest BCUT2D eigenvalue weighted by molar-refractivity contribution is 9.10. The minimum absolute atomic E-state index is 0.0817. The molecule has 0 radical (unpaired) electrons. The number of anilines is 2. The Kier molecular flexibility index (Phi) is 5.30. The molecule has 1 aromatic carbocycles. The maximum Gasteiger partial charge on any atom is 0.235 e. The van der Waals surface area contributed by atoms with Crippen molar-refractivity contribution in [2.45, 2.75) is 24.8 Å². The minimum atomic E-state index is -0.0817. The smallest absolute Gasteiger partial charge is 0.235 e. The quantitative estimate of drug-likeness (QED) is 0.625. The van der Waals surface area contributed by atoms with E-state index in [1.165, 1.54) is 11.8 Å². The van der Waals surface area contributed by atoms with Gasteiger partial charge >= 0.3 is 0 Å². The summed E-state index contributed by atoms with van der Waals surface area (Å²) in [6.07, 6.45) is 1.68. The molecule has 0 atom stereocenters. The van der Waals surface area contributed by atoms with Gasteiger partial charge in [0, 0.05) is 27.2 Å². The van der Waals surface area contributed by atoms with Crippen LogP contribution in [0.15, 0.2) is 39.8 Å². The second-order valence-electron chi connectivity index (χ2n) is 4.77. The third kappa shape index (κ3) is 4.25. The van der Waals surface area contributed by atoms with Crippen LogP contribution in [0.5, 0.6) is 0 Å². The van der Waals surface area contributed by atoms with Crippen LogP contribution >= 0.6 is 27.7 Å². The van der Waals surface area contributed by atoms with E-state index in [1.54, 1.807) is 16.9 Å². The standard InChI is InChI=1S/C14H17BrN4OS/c1-9(2)19-13(5-6-17-19)18-14(20)8-21-12-7-10(15)3-4-11(12)16/h3-7,9H,8,16H2,1-2H3,(H,18,20). The van der Waals surface area contributed by atoms with Gasteiger partial charge in [0.05, 0.1) is 11.9 Å². The molecule has 1 aromatic heterocycles. The van der Waals surface area contributed by atoms with Crippen molar-refractivity contribution < 1.29 is 4.79 Å². The molecular formula is C14H17BrN4OS. The second-order valence-corrected chi connectivity index (χ2v) is 6.71. The van der Waals surface area contributed by atoms with Gasteiger partial charge in [-0.1, -0.05) is 15.9 Å². The van der Waals surface area contributed by atoms with Crippen LogP contribution in [0.3, 0.4) is 0 Å². The Morgan fingerprint density at radius 1 is 1.48 bits per heavy atom. The summed E-state index contributed by atoms with van der Waals surface area (Å²) < 4.78 is 2.72. The Morgan fingerprint density at radius 3 is 2.95 bits per heavy atom. The lowest BCUT2D eigenvalue weighted by Gasteiger charge is -2.12. The summed E-state index contributed by atoms with van der Waals surface area (Å²) in [6.45, 7) is 4.03. The number of hydrogen-bond donors (Lipinski definition) is 2. The predicted octanol–water partition coefficient (Wildman–Crippen LogP) is 3.54. The van der Waals surface area contributed by atoms with Crippen LogP contribution < -0.4 is 11.1 Å². The van der Waals surface area contributed by atoms with Crippen molar-refractivity contribution in [2.24, 2.45) is 0 Å². The van der Waals surface area contributed by atoms with E-state index in [9.17, 15) is 4.79 Å². The molecule has 7 heteroatoms. The highest BCUT2D eigenvalue weighted by Crippen LogP contribution is 2.28. The Hall–Kier alpha value is -1.47. The van der Waals surface area contributed by atoms with Gasteiger partial charge in [-0.3, -0.25) is 4.79 Å². The van der Waals surface area contributed by atoms with E-state index < -0.39 is 0 Å². The van der Waals surface area contributed by atoms with Crippen molar-refractivity contribution in [1.29, 1.82) is 0 Å². The highest BCUT2D eigenvalue weighted by atomic mass is 79.9. The number of nitrogen functional groups attached to an aromatic ring is 1. The molecule has 0 saturated heterocycles. The summed E-state index contributed by atoms with van der Waals surface area (Å²) in [7, 11) is 0. The van der Waals surface area contributed by atoms with Crippen LogP contribution in [0.25, 0.3) is 0 Å². The number of hydrogen-bond acceptors (Lipinski definition) is 4. The van der Waals surface area contributed by atoms with Crippen LogP contribution in [0, 0.1) is 0 Å². The average Bonchev–Trinajstić information content (AvgIpc) is 2.88. The van der Waals surface area contributed by atoms with Crippen molar-refractivity contribution in [3.63, 3.8) is 0 Å². The van der Waals surface area contributed by atoms with Crippen molar-refractivity contribution in [1.82, 2.24) is 9.78 Å². The number of nitrogens with two attached hydrogens (primary N) is 1. The number of halogens is 1. The summed E-state index contributed by atoms with van der Waals surface area (Å²) >= 11 is 4.81. The lowest BCUT2D eigenvalue weighted by atomic mass is 10.3. The first-order valence-electron chi connectivity index (χ1n) is 6.48. The third-order valence-corrected chi connectivity index (χ3v) is 4.33. The number of rotatable bonds is 5. The van der Waals surface area contributed by atoms with Gasteiger partial charge in [0.15, 0.2) is 0 Å². The Labute approximate surface area is 136 Å². The molecule has 0 fully saturated rings. The zero-order chi connectivity index (χ0) is 15.4. The molecule has 0 saturated carbocycles. The number of aromatic nitrogens is 2. The highest BCUT2D eigenvalue weighted by Gasteiger charge is 2.10. The van der Waals surface area contributed by atoms with E-state index in [0.29, 0.717) is 17.3 Å². The van der Waals surface area contributed by atoms with Gasteiger partial charge in [0.2, 0.25) is 5.91 Å². The van der Waals surface area contributed by atoms with Crippen LogP contribution in [0.2, 0.25) is 0 Å². The monoisotopic (exact) mass is 368 g/mol. The molecule has 0 aliphatic carbocycles. The normalized spacial score (nSPS) is 10.9. The topological polar surface area (TPSA) is 72.9 Å². The number of carbonyl (C=O) groups excluding carboxylic acids is 1. The molecule has 21 heavy (non-hydrogen) atoms. The number of nitrogens with zero attached hydrogens (tertiary/aromatic N) is 2. The van der Waals surface area contributed by atoms with Crippen LogP contribution in [-0.2, 0) is 4.79 Å². The van der Waals surface area contributed by atoms with Crippen molar-refractivity contribution >= 4 is 45.1 Å². The molecule has 0 spiro atoms. The molecule has 0 aliphatic rings. The first kappa shape index (κ1) is 15.9.